The quantitative estimate of drug-likeness (QED) is 0.478. The third-order valence-electron chi connectivity index (χ3n) is 6.07. The highest BCUT2D eigenvalue weighted by atomic mass is 32.2. The molecule has 1 N–H and O–H groups in total. The fourth-order valence-corrected chi connectivity index (χ4v) is 5.40. The van der Waals surface area contributed by atoms with Gasteiger partial charge in [0, 0.05) is 23.6 Å². The molecule has 166 valence electrons. The van der Waals surface area contributed by atoms with Crippen molar-refractivity contribution in [3.05, 3.63) is 89.2 Å². The number of nitrogens with zero attached hydrogens (tertiary/aromatic N) is 2. The monoisotopic (exact) mass is 458 g/mol. The van der Waals surface area contributed by atoms with Gasteiger partial charge in [0.25, 0.3) is 0 Å². The average molecular weight is 459 g/mol. The molecule has 1 aliphatic rings. The van der Waals surface area contributed by atoms with Crippen LogP contribution in [0.2, 0.25) is 0 Å². The number of para-hydroxylation sites is 1. The van der Waals surface area contributed by atoms with E-state index in [0.717, 1.165) is 39.9 Å². The number of aryl methyl sites for hydroxylation is 2. The molecule has 4 aromatic rings. The van der Waals surface area contributed by atoms with Crippen molar-refractivity contribution in [2.45, 2.75) is 24.7 Å². The van der Waals surface area contributed by atoms with Gasteiger partial charge in [-0.05, 0) is 54.7 Å². The van der Waals surface area contributed by atoms with Crippen molar-refractivity contribution in [2.75, 3.05) is 6.26 Å². The summed E-state index contributed by atoms with van der Waals surface area (Å²) in [6.45, 7) is 1.99. The molecule has 3 aromatic carbocycles. The lowest BCUT2D eigenvalue weighted by Gasteiger charge is -2.23. The summed E-state index contributed by atoms with van der Waals surface area (Å²) in [5, 5.41) is 14.8. The van der Waals surface area contributed by atoms with E-state index >= 15 is 0 Å². The summed E-state index contributed by atoms with van der Waals surface area (Å²) in [5.74, 6) is -1.26. The highest BCUT2D eigenvalue weighted by molar-refractivity contribution is 7.90. The summed E-state index contributed by atoms with van der Waals surface area (Å²) in [6.07, 6.45) is 4.07. The molecule has 7 heteroatoms. The van der Waals surface area contributed by atoms with Crippen LogP contribution in [0.5, 0.6) is 0 Å². The molecule has 5 rings (SSSR count). The number of sulfone groups is 1. The van der Waals surface area contributed by atoms with Crippen molar-refractivity contribution in [2.24, 2.45) is 0 Å². The van der Waals surface area contributed by atoms with Crippen LogP contribution in [0, 0.1) is 6.92 Å². The number of hydrogen-bond acceptors (Lipinski definition) is 4. The lowest BCUT2D eigenvalue weighted by atomic mass is 9.82. The molecule has 33 heavy (non-hydrogen) atoms. The maximum Gasteiger partial charge on any atom is 0.337 e. The molecule has 1 aromatic heterocycles. The first-order chi connectivity index (χ1) is 15.7. The molecule has 0 bridgehead atoms. The number of benzene rings is 3. The Bertz CT molecular complexity index is 1500. The van der Waals surface area contributed by atoms with Crippen LogP contribution in [0.1, 0.15) is 27.2 Å². The largest absolute Gasteiger partial charge is 0.478 e. The first kappa shape index (κ1) is 21.2. The molecule has 6 nitrogen and oxygen atoms in total. The van der Waals surface area contributed by atoms with E-state index in [1.165, 1.54) is 6.07 Å². The second-order valence-corrected chi connectivity index (χ2v) is 10.3. The molecule has 0 amide bonds. The van der Waals surface area contributed by atoms with E-state index in [9.17, 15) is 18.3 Å². The topological polar surface area (TPSA) is 89.3 Å². The highest BCUT2D eigenvalue weighted by Gasteiger charge is 2.32. The van der Waals surface area contributed by atoms with Gasteiger partial charge in [-0.15, -0.1) is 0 Å². The van der Waals surface area contributed by atoms with E-state index in [0.29, 0.717) is 24.0 Å². The maximum absolute atomic E-state index is 12.7. The second-order valence-electron chi connectivity index (χ2n) is 8.36. The SMILES string of the molecule is Cc1ccc(-c2cc(S(C)(=O)=O)c(C(=O)O)c3c2CCc2nn(-c4ccccc4)cc2-3)cc1. The normalized spacial score (nSPS) is 12.8. The van der Waals surface area contributed by atoms with Crippen molar-refractivity contribution in [3.63, 3.8) is 0 Å². The molecule has 0 saturated carbocycles. The highest BCUT2D eigenvalue weighted by Crippen LogP contribution is 2.44. The fourth-order valence-electron chi connectivity index (χ4n) is 4.51. The van der Waals surface area contributed by atoms with Crippen LogP contribution in [0.25, 0.3) is 27.9 Å². The molecule has 1 aliphatic carbocycles. The van der Waals surface area contributed by atoms with Crippen molar-refractivity contribution >= 4 is 15.8 Å². The van der Waals surface area contributed by atoms with Crippen LogP contribution in [-0.4, -0.2) is 35.5 Å². The molecule has 0 saturated heterocycles. The lowest BCUT2D eigenvalue weighted by molar-refractivity contribution is 0.0693. The summed E-state index contributed by atoms with van der Waals surface area (Å²) in [6, 6.07) is 18.9. The van der Waals surface area contributed by atoms with Crippen LogP contribution in [0.4, 0.5) is 0 Å². The van der Waals surface area contributed by atoms with E-state index in [1.54, 1.807) is 10.9 Å². The van der Waals surface area contributed by atoms with Gasteiger partial charge in [-0.3, -0.25) is 0 Å². The summed E-state index contributed by atoms with van der Waals surface area (Å²) >= 11 is 0. The predicted molar refractivity (Wildman–Crippen MR) is 127 cm³/mol. The zero-order valence-electron chi connectivity index (χ0n) is 18.2. The second kappa shape index (κ2) is 7.71. The van der Waals surface area contributed by atoms with Gasteiger partial charge in [-0.2, -0.15) is 5.10 Å². The molecule has 0 fully saturated rings. The molecule has 0 unspecified atom stereocenters. The zero-order chi connectivity index (χ0) is 23.3. The third kappa shape index (κ3) is 3.64. The number of carbonyl (C=O) groups is 1. The van der Waals surface area contributed by atoms with E-state index < -0.39 is 15.8 Å². The number of carboxylic acids is 1. The Kier molecular flexibility index (Phi) is 4.94. The molecule has 0 radical (unpaired) electrons. The Hall–Kier alpha value is -3.71. The number of carboxylic acid groups (broad SMARTS) is 1. The van der Waals surface area contributed by atoms with Crippen molar-refractivity contribution in [3.8, 4) is 27.9 Å². The van der Waals surface area contributed by atoms with E-state index in [-0.39, 0.29) is 10.5 Å². The first-order valence-electron chi connectivity index (χ1n) is 10.6. The van der Waals surface area contributed by atoms with Gasteiger partial charge in [-0.25, -0.2) is 17.9 Å². The van der Waals surface area contributed by atoms with Crippen molar-refractivity contribution < 1.29 is 18.3 Å². The maximum atomic E-state index is 12.7. The van der Waals surface area contributed by atoms with E-state index in [4.69, 9.17) is 5.10 Å². The standard InChI is InChI=1S/C26H22N2O4S/c1-16-8-10-17(11-9-16)20-14-23(33(2,31)32)25(26(29)30)24-19(20)12-13-22-21(24)15-28(27-22)18-6-4-3-5-7-18/h3-11,14-15H,12-13H2,1-2H3,(H,29,30). The van der Waals surface area contributed by atoms with Crippen molar-refractivity contribution in [1.82, 2.24) is 9.78 Å². The van der Waals surface area contributed by atoms with Crippen LogP contribution in [0.3, 0.4) is 0 Å². The summed E-state index contributed by atoms with van der Waals surface area (Å²) in [7, 11) is -3.81. The summed E-state index contributed by atoms with van der Waals surface area (Å²) in [4.78, 5) is 12.3. The number of rotatable bonds is 4. The molecular weight excluding hydrogens is 436 g/mol. The molecular formula is C26H22N2O4S. The molecule has 0 spiro atoms. The van der Waals surface area contributed by atoms with Gasteiger partial charge in [0.05, 0.1) is 21.8 Å². The van der Waals surface area contributed by atoms with Gasteiger partial charge < -0.3 is 5.11 Å². The minimum absolute atomic E-state index is 0.176. The lowest BCUT2D eigenvalue weighted by Crippen LogP contribution is -2.15. The van der Waals surface area contributed by atoms with Gasteiger partial charge in [0.1, 0.15) is 0 Å². The Morgan fingerprint density at radius 2 is 1.70 bits per heavy atom. The predicted octanol–water partition coefficient (Wildman–Crippen LogP) is 4.72. The summed E-state index contributed by atoms with van der Waals surface area (Å²) in [5.41, 5.74) is 6.06. The Labute approximate surface area is 192 Å². The van der Waals surface area contributed by atoms with Gasteiger partial charge in [0.2, 0.25) is 0 Å². The van der Waals surface area contributed by atoms with Crippen LogP contribution < -0.4 is 0 Å². The number of aromatic nitrogens is 2. The van der Waals surface area contributed by atoms with Crippen LogP contribution in [0.15, 0.2) is 71.8 Å². The van der Waals surface area contributed by atoms with E-state index in [1.807, 2.05) is 61.5 Å². The Morgan fingerprint density at radius 3 is 2.33 bits per heavy atom. The number of aromatic carboxylic acids is 1. The minimum Gasteiger partial charge on any atom is -0.478 e. The van der Waals surface area contributed by atoms with Gasteiger partial charge in [-0.1, -0.05) is 48.0 Å². The van der Waals surface area contributed by atoms with Gasteiger partial charge in [0.15, 0.2) is 9.84 Å². The van der Waals surface area contributed by atoms with Crippen LogP contribution >= 0.6 is 0 Å². The summed E-state index contributed by atoms with van der Waals surface area (Å²) < 4.78 is 27.2. The van der Waals surface area contributed by atoms with E-state index in [2.05, 4.69) is 0 Å². The first-order valence-corrected chi connectivity index (χ1v) is 12.5. The zero-order valence-corrected chi connectivity index (χ0v) is 19.1. The smallest absolute Gasteiger partial charge is 0.337 e. The Morgan fingerprint density at radius 1 is 1.00 bits per heavy atom. The molecule has 1 heterocycles. The fraction of sp³-hybridized carbons (Fsp3) is 0.154. The minimum atomic E-state index is -3.81. The average Bonchev–Trinajstić information content (AvgIpc) is 3.23. The van der Waals surface area contributed by atoms with Gasteiger partial charge >= 0.3 is 5.97 Å². The number of hydrogen-bond donors (Lipinski definition) is 1. The Balaban J connectivity index is 1.86. The number of fused-ring (bicyclic) bond motifs is 3. The third-order valence-corrected chi connectivity index (χ3v) is 7.19. The molecule has 0 atom stereocenters. The van der Waals surface area contributed by atoms with Crippen molar-refractivity contribution in [1.29, 1.82) is 0 Å². The molecule has 0 aliphatic heterocycles. The van der Waals surface area contributed by atoms with Crippen LogP contribution in [-0.2, 0) is 22.7 Å².